The molecule has 20 heavy (non-hydrogen) atoms. The van der Waals surface area contributed by atoms with Crippen molar-refractivity contribution in [2.45, 2.75) is 0 Å². The van der Waals surface area contributed by atoms with E-state index >= 15 is 0 Å². The summed E-state index contributed by atoms with van der Waals surface area (Å²) >= 11 is 0. The van der Waals surface area contributed by atoms with Gasteiger partial charge in [0.15, 0.2) is 0 Å². The Kier molecular flexibility index (Phi) is 3.37. The second-order valence-electron chi connectivity index (χ2n) is 4.26. The van der Waals surface area contributed by atoms with Gasteiger partial charge in [-0.15, -0.1) is 0 Å². The number of aromatic nitrogens is 3. The Labute approximate surface area is 117 Å². The predicted octanol–water partition coefficient (Wildman–Crippen LogP) is 3.21. The third-order valence-corrected chi connectivity index (χ3v) is 3.01. The standard InChI is InChI=1S/C16H13N3O/c1-20-14-6-4-12(5-7-14)15-9-16(19-11-18-15)13-3-2-8-17-10-13/h2-11H,1H3. The lowest BCUT2D eigenvalue weighted by atomic mass is 10.1. The molecule has 0 amide bonds. The molecule has 4 heteroatoms. The lowest BCUT2D eigenvalue weighted by Gasteiger charge is -2.05. The average molecular weight is 263 g/mol. The third kappa shape index (κ3) is 2.49. The smallest absolute Gasteiger partial charge is 0.118 e. The summed E-state index contributed by atoms with van der Waals surface area (Å²) in [5, 5.41) is 0. The highest BCUT2D eigenvalue weighted by atomic mass is 16.5. The van der Waals surface area contributed by atoms with E-state index in [9.17, 15) is 0 Å². The molecule has 0 bridgehead atoms. The number of hydrogen-bond acceptors (Lipinski definition) is 4. The number of rotatable bonds is 3. The quantitative estimate of drug-likeness (QED) is 0.728. The summed E-state index contributed by atoms with van der Waals surface area (Å²) in [6, 6.07) is 13.6. The van der Waals surface area contributed by atoms with Crippen molar-refractivity contribution in [2.24, 2.45) is 0 Å². The molecule has 0 unspecified atom stereocenters. The molecular weight excluding hydrogens is 250 g/mol. The van der Waals surface area contributed by atoms with Gasteiger partial charge in [-0.1, -0.05) is 0 Å². The Morgan fingerprint density at radius 1 is 0.900 bits per heavy atom. The van der Waals surface area contributed by atoms with E-state index < -0.39 is 0 Å². The highest BCUT2D eigenvalue weighted by Gasteiger charge is 2.04. The van der Waals surface area contributed by atoms with Crippen LogP contribution in [0.15, 0.2) is 61.2 Å². The molecule has 1 aromatic carbocycles. The maximum atomic E-state index is 5.16. The first-order valence-corrected chi connectivity index (χ1v) is 6.24. The van der Waals surface area contributed by atoms with Crippen molar-refractivity contribution < 1.29 is 4.74 Å². The first-order valence-electron chi connectivity index (χ1n) is 6.24. The minimum absolute atomic E-state index is 0.829. The van der Waals surface area contributed by atoms with Crippen molar-refractivity contribution in [1.82, 2.24) is 15.0 Å². The van der Waals surface area contributed by atoms with Crippen LogP contribution in [0.5, 0.6) is 5.75 Å². The Morgan fingerprint density at radius 2 is 1.65 bits per heavy atom. The summed E-state index contributed by atoms with van der Waals surface area (Å²) in [4.78, 5) is 12.7. The molecule has 4 nitrogen and oxygen atoms in total. The van der Waals surface area contributed by atoms with Gasteiger partial charge in [-0.05, 0) is 42.5 Å². The largest absolute Gasteiger partial charge is 0.497 e. The van der Waals surface area contributed by atoms with E-state index in [0.717, 1.165) is 28.3 Å². The van der Waals surface area contributed by atoms with Gasteiger partial charge in [-0.2, -0.15) is 0 Å². The molecule has 3 aromatic rings. The molecule has 98 valence electrons. The number of benzene rings is 1. The van der Waals surface area contributed by atoms with Gasteiger partial charge in [0, 0.05) is 23.5 Å². The summed E-state index contributed by atoms with van der Waals surface area (Å²) < 4.78 is 5.16. The molecular formula is C16H13N3O. The summed E-state index contributed by atoms with van der Waals surface area (Å²) in [7, 11) is 1.65. The molecule has 0 atom stereocenters. The van der Waals surface area contributed by atoms with E-state index in [2.05, 4.69) is 15.0 Å². The first-order chi connectivity index (χ1) is 9.86. The zero-order chi connectivity index (χ0) is 13.8. The maximum Gasteiger partial charge on any atom is 0.118 e. The van der Waals surface area contributed by atoms with Gasteiger partial charge in [-0.3, -0.25) is 4.98 Å². The number of methoxy groups -OCH3 is 1. The van der Waals surface area contributed by atoms with Crippen LogP contribution in [-0.2, 0) is 0 Å². The van der Waals surface area contributed by atoms with E-state index in [1.165, 1.54) is 0 Å². The van der Waals surface area contributed by atoms with Crippen LogP contribution in [0.3, 0.4) is 0 Å². The topological polar surface area (TPSA) is 47.9 Å². The van der Waals surface area contributed by atoms with Crippen molar-refractivity contribution in [3.63, 3.8) is 0 Å². The molecule has 0 fully saturated rings. The summed E-state index contributed by atoms with van der Waals surface area (Å²) in [6.07, 6.45) is 5.11. The summed E-state index contributed by atoms with van der Waals surface area (Å²) in [5.41, 5.74) is 3.74. The van der Waals surface area contributed by atoms with E-state index in [1.54, 1.807) is 25.8 Å². The number of hydrogen-bond donors (Lipinski definition) is 0. The molecule has 2 aromatic heterocycles. The van der Waals surface area contributed by atoms with Crippen LogP contribution in [0, 0.1) is 0 Å². The van der Waals surface area contributed by atoms with Crippen LogP contribution in [-0.4, -0.2) is 22.1 Å². The Balaban J connectivity index is 1.98. The van der Waals surface area contributed by atoms with Gasteiger partial charge in [0.05, 0.1) is 18.5 Å². The molecule has 0 N–H and O–H groups in total. The first kappa shape index (κ1) is 12.3. The fraction of sp³-hybridized carbons (Fsp3) is 0.0625. The number of nitrogens with zero attached hydrogens (tertiary/aromatic N) is 3. The second kappa shape index (κ2) is 5.48. The van der Waals surface area contributed by atoms with Gasteiger partial charge >= 0.3 is 0 Å². The van der Waals surface area contributed by atoms with Gasteiger partial charge in [-0.25, -0.2) is 9.97 Å². The van der Waals surface area contributed by atoms with Crippen molar-refractivity contribution in [3.05, 3.63) is 61.2 Å². The minimum Gasteiger partial charge on any atom is -0.497 e. The van der Waals surface area contributed by atoms with Gasteiger partial charge in [0.25, 0.3) is 0 Å². The lowest BCUT2D eigenvalue weighted by molar-refractivity contribution is 0.415. The molecule has 0 radical (unpaired) electrons. The SMILES string of the molecule is COc1ccc(-c2cc(-c3cccnc3)ncn2)cc1. The van der Waals surface area contributed by atoms with Crippen molar-refractivity contribution >= 4 is 0 Å². The van der Waals surface area contributed by atoms with E-state index in [1.807, 2.05) is 42.5 Å². The van der Waals surface area contributed by atoms with Crippen LogP contribution in [0.2, 0.25) is 0 Å². The average Bonchev–Trinajstić information content (AvgIpc) is 2.56. The van der Waals surface area contributed by atoms with Crippen LogP contribution >= 0.6 is 0 Å². The van der Waals surface area contributed by atoms with Crippen molar-refractivity contribution in [1.29, 1.82) is 0 Å². The predicted molar refractivity (Wildman–Crippen MR) is 77.3 cm³/mol. The maximum absolute atomic E-state index is 5.16. The molecule has 0 spiro atoms. The zero-order valence-electron chi connectivity index (χ0n) is 11.0. The van der Waals surface area contributed by atoms with E-state index in [4.69, 9.17) is 4.74 Å². The number of ether oxygens (including phenoxy) is 1. The van der Waals surface area contributed by atoms with E-state index in [-0.39, 0.29) is 0 Å². The molecule has 2 heterocycles. The second-order valence-corrected chi connectivity index (χ2v) is 4.26. The Hall–Kier alpha value is -2.75. The van der Waals surface area contributed by atoms with E-state index in [0.29, 0.717) is 0 Å². The summed E-state index contributed by atoms with van der Waals surface area (Å²) in [6.45, 7) is 0. The highest BCUT2D eigenvalue weighted by molar-refractivity contribution is 5.67. The fourth-order valence-electron chi connectivity index (χ4n) is 1.95. The molecule has 0 saturated carbocycles. The highest BCUT2D eigenvalue weighted by Crippen LogP contribution is 2.23. The van der Waals surface area contributed by atoms with Gasteiger partial charge in [0.2, 0.25) is 0 Å². The molecule has 0 aliphatic heterocycles. The minimum atomic E-state index is 0.829. The normalized spacial score (nSPS) is 10.2. The lowest BCUT2D eigenvalue weighted by Crippen LogP contribution is -1.90. The Bertz CT molecular complexity index is 696. The van der Waals surface area contributed by atoms with Gasteiger partial charge in [0.1, 0.15) is 12.1 Å². The summed E-state index contributed by atoms with van der Waals surface area (Å²) in [5.74, 6) is 0.829. The molecule has 0 saturated heterocycles. The van der Waals surface area contributed by atoms with Crippen molar-refractivity contribution in [3.8, 4) is 28.3 Å². The van der Waals surface area contributed by atoms with Gasteiger partial charge < -0.3 is 4.74 Å². The third-order valence-electron chi connectivity index (χ3n) is 3.01. The van der Waals surface area contributed by atoms with Crippen LogP contribution in [0.4, 0.5) is 0 Å². The number of pyridine rings is 1. The van der Waals surface area contributed by atoms with Crippen LogP contribution in [0.25, 0.3) is 22.5 Å². The van der Waals surface area contributed by atoms with Crippen LogP contribution in [0.1, 0.15) is 0 Å². The van der Waals surface area contributed by atoms with Crippen LogP contribution < -0.4 is 4.74 Å². The molecule has 3 rings (SSSR count). The van der Waals surface area contributed by atoms with Crippen molar-refractivity contribution in [2.75, 3.05) is 7.11 Å². The zero-order valence-corrected chi connectivity index (χ0v) is 11.0. The Morgan fingerprint density at radius 3 is 2.30 bits per heavy atom. The fourth-order valence-corrected chi connectivity index (χ4v) is 1.95. The molecule has 0 aliphatic rings. The monoisotopic (exact) mass is 263 g/mol. The molecule has 0 aliphatic carbocycles.